The first-order chi connectivity index (χ1) is 12.7. The Bertz CT molecular complexity index is 1250. The molecule has 2 aromatic carbocycles. The molecule has 0 radical (unpaired) electrons. The van der Waals surface area contributed by atoms with Gasteiger partial charge in [-0.15, -0.1) is 0 Å². The van der Waals surface area contributed by atoms with Gasteiger partial charge in [0.25, 0.3) is 5.56 Å². The van der Waals surface area contributed by atoms with Crippen LogP contribution in [0.3, 0.4) is 0 Å². The van der Waals surface area contributed by atoms with Gasteiger partial charge in [0.1, 0.15) is 16.9 Å². The number of nitrogens with one attached hydrogen (secondary N) is 1. The molecule has 5 rings (SSSR count). The molecule has 0 saturated heterocycles. The maximum Gasteiger partial charge on any atom is 0.271 e. The van der Waals surface area contributed by atoms with Gasteiger partial charge >= 0.3 is 0 Å². The van der Waals surface area contributed by atoms with Crippen LogP contribution in [-0.4, -0.2) is 14.5 Å². The van der Waals surface area contributed by atoms with Crippen LogP contribution in [0, 0.1) is 0 Å². The largest absolute Gasteiger partial charge is 0.339 e. The molecule has 0 bridgehead atoms. The molecule has 5 nitrogen and oxygen atoms in total. The van der Waals surface area contributed by atoms with Gasteiger partial charge in [-0.2, -0.15) is 0 Å². The minimum absolute atomic E-state index is 0.121. The number of nitrogens with zero attached hydrogens (tertiary/aromatic N) is 2. The molecule has 5 heteroatoms. The van der Waals surface area contributed by atoms with Crippen LogP contribution in [0.1, 0.15) is 31.0 Å². The van der Waals surface area contributed by atoms with Crippen LogP contribution in [0.25, 0.3) is 27.6 Å². The Balaban J connectivity index is 1.94. The van der Waals surface area contributed by atoms with Gasteiger partial charge in [-0.25, -0.2) is 4.98 Å². The van der Waals surface area contributed by atoms with E-state index < -0.39 is 0 Å². The summed E-state index contributed by atoms with van der Waals surface area (Å²) in [7, 11) is 0. The third-order valence-electron chi connectivity index (χ3n) is 5.25. The number of rotatable bonds is 2. The molecular weight excluding hydrogens is 326 g/mol. The number of H-pyrrole nitrogens is 1. The summed E-state index contributed by atoms with van der Waals surface area (Å²) in [4.78, 5) is 34.3. The maximum atomic E-state index is 13.4. The Morgan fingerprint density at radius 2 is 1.69 bits per heavy atom. The third kappa shape index (κ3) is 2.13. The Kier molecular flexibility index (Phi) is 3.28. The monoisotopic (exact) mass is 343 g/mol. The van der Waals surface area contributed by atoms with Crippen LogP contribution in [-0.2, 0) is 0 Å². The Morgan fingerprint density at radius 3 is 2.42 bits per heavy atom. The van der Waals surface area contributed by atoms with E-state index in [0.29, 0.717) is 16.6 Å². The van der Waals surface area contributed by atoms with Gasteiger partial charge in [0, 0.05) is 11.3 Å². The molecule has 1 N–H and O–H groups in total. The third-order valence-corrected chi connectivity index (χ3v) is 5.25. The van der Waals surface area contributed by atoms with E-state index in [9.17, 15) is 9.59 Å². The number of aromatic nitrogens is 3. The molecule has 26 heavy (non-hydrogen) atoms. The maximum absolute atomic E-state index is 13.4. The first-order valence-corrected chi connectivity index (χ1v) is 8.87. The van der Waals surface area contributed by atoms with Crippen LogP contribution in [0.5, 0.6) is 0 Å². The quantitative estimate of drug-likeness (QED) is 0.567. The Morgan fingerprint density at radius 1 is 0.962 bits per heavy atom. The van der Waals surface area contributed by atoms with Crippen molar-refractivity contribution in [1.29, 1.82) is 0 Å². The highest BCUT2D eigenvalue weighted by Gasteiger charge is 2.27. The summed E-state index contributed by atoms with van der Waals surface area (Å²) in [5, 5.41) is 0.630. The number of hydrogen-bond donors (Lipinski definition) is 1. The van der Waals surface area contributed by atoms with Crippen molar-refractivity contribution in [1.82, 2.24) is 14.5 Å². The summed E-state index contributed by atoms with van der Waals surface area (Å²) >= 11 is 0. The summed E-state index contributed by atoms with van der Waals surface area (Å²) in [5.41, 5.74) is 1.27. The van der Waals surface area contributed by atoms with Crippen LogP contribution in [0.4, 0.5) is 0 Å². The highest BCUT2D eigenvalue weighted by molar-refractivity contribution is 5.90. The van der Waals surface area contributed by atoms with E-state index >= 15 is 0 Å². The normalized spacial score (nSPS) is 14.6. The van der Waals surface area contributed by atoms with E-state index in [1.54, 1.807) is 16.7 Å². The van der Waals surface area contributed by atoms with E-state index in [-0.39, 0.29) is 22.3 Å². The van der Waals surface area contributed by atoms with Crippen molar-refractivity contribution >= 4 is 21.9 Å². The lowest BCUT2D eigenvalue weighted by atomic mass is 9.84. The van der Waals surface area contributed by atoms with Crippen LogP contribution < -0.4 is 11.0 Å². The number of aromatic amines is 1. The second-order valence-electron chi connectivity index (χ2n) is 6.80. The average Bonchev–Trinajstić information content (AvgIpc) is 2.61. The number of hydrogen-bond acceptors (Lipinski definition) is 3. The Labute approximate surface area is 148 Å². The fourth-order valence-electron chi connectivity index (χ4n) is 3.65. The predicted octanol–water partition coefficient (Wildman–Crippen LogP) is 3.49. The predicted molar refractivity (Wildman–Crippen MR) is 102 cm³/mol. The molecular formula is C21H17N3O2. The van der Waals surface area contributed by atoms with Crippen molar-refractivity contribution in [2.75, 3.05) is 0 Å². The standard InChI is InChI=1S/C21H17N3O2/c25-18-15-11-4-5-12-16(15)22-19-17(18)21(26)24(14-9-2-1-3-10-14)20(23-19)13-7-6-8-13/h1-5,9-13H,6-8H2,(H,22,25). The van der Waals surface area contributed by atoms with E-state index in [1.807, 2.05) is 42.5 Å². The first-order valence-electron chi connectivity index (χ1n) is 8.87. The molecule has 1 aliphatic carbocycles. The van der Waals surface area contributed by atoms with E-state index in [2.05, 4.69) is 4.98 Å². The molecule has 2 heterocycles. The van der Waals surface area contributed by atoms with Gasteiger partial charge in [-0.05, 0) is 37.1 Å². The van der Waals surface area contributed by atoms with Crippen molar-refractivity contribution in [3.8, 4) is 5.69 Å². The number of pyridine rings is 1. The van der Waals surface area contributed by atoms with Crippen molar-refractivity contribution in [3.05, 3.63) is 81.0 Å². The minimum Gasteiger partial charge on any atom is -0.339 e. The molecule has 2 aromatic heterocycles. The van der Waals surface area contributed by atoms with Crippen molar-refractivity contribution in [2.45, 2.75) is 25.2 Å². The molecule has 0 atom stereocenters. The zero-order valence-electron chi connectivity index (χ0n) is 14.1. The van der Waals surface area contributed by atoms with Gasteiger partial charge in [-0.1, -0.05) is 36.8 Å². The number of para-hydroxylation sites is 2. The van der Waals surface area contributed by atoms with E-state index in [4.69, 9.17) is 4.98 Å². The SMILES string of the molecule is O=c1c2ccccc2[nH]c2nc(C3CCC3)n(-c3ccccc3)c(=O)c12. The average molecular weight is 343 g/mol. The molecule has 1 saturated carbocycles. The van der Waals surface area contributed by atoms with Crippen LogP contribution in [0.2, 0.25) is 0 Å². The summed E-state index contributed by atoms with van der Waals surface area (Å²) in [6, 6.07) is 16.7. The van der Waals surface area contributed by atoms with Crippen LogP contribution in [0.15, 0.2) is 64.2 Å². The van der Waals surface area contributed by atoms with Gasteiger partial charge in [0.15, 0.2) is 0 Å². The van der Waals surface area contributed by atoms with Gasteiger partial charge in [0.2, 0.25) is 5.43 Å². The molecule has 4 aromatic rings. The van der Waals surface area contributed by atoms with E-state index in [1.165, 1.54) is 0 Å². The number of fused-ring (bicyclic) bond motifs is 2. The summed E-state index contributed by atoms with van der Waals surface area (Å²) in [5.74, 6) is 0.994. The minimum atomic E-state index is -0.296. The molecule has 0 spiro atoms. The lowest BCUT2D eigenvalue weighted by molar-refractivity contribution is 0.394. The van der Waals surface area contributed by atoms with Gasteiger partial charge in [0.05, 0.1) is 11.2 Å². The van der Waals surface area contributed by atoms with E-state index in [0.717, 1.165) is 30.8 Å². The molecule has 0 unspecified atom stereocenters. The molecule has 1 aliphatic rings. The van der Waals surface area contributed by atoms with Crippen molar-refractivity contribution in [2.24, 2.45) is 0 Å². The van der Waals surface area contributed by atoms with Crippen LogP contribution >= 0.6 is 0 Å². The summed E-state index contributed by atoms with van der Waals surface area (Å²) in [6.07, 6.45) is 3.17. The smallest absolute Gasteiger partial charge is 0.271 e. The second kappa shape index (κ2) is 5.66. The zero-order chi connectivity index (χ0) is 17.7. The fraction of sp³-hybridized carbons (Fsp3) is 0.190. The Hall–Kier alpha value is -3.21. The molecule has 0 aliphatic heterocycles. The van der Waals surface area contributed by atoms with Gasteiger partial charge < -0.3 is 4.98 Å². The first kappa shape index (κ1) is 15.1. The highest BCUT2D eigenvalue weighted by Crippen LogP contribution is 2.36. The highest BCUT2D eigenvalue weighted by atomic mass is 16.1. The van der Waals surface area contributed by atoms with Crippen molar-refractivity contribution in [3.63, 3.8) is 0 Å². The van der Waals surface area contributed by atoms with Gasteiger partial charge in [-0.3, -0.25) is 14.2 Å². The lowest BCUT2D eigenvalue weighted by Gasteiger charge is -2.27. The molecule has 128 valence electrons. The molecule has 0 amide bonds. The zero-order valence-corrected chi connectivity index (χ0v) is 14.1. The van der Waals surface area contributed by atoms with Crippen molar-refractivity contribution < 1.29 is 0 Å². The molecule has 1 fully saturated rings. The number of benzene rings is 2. The topological polar surface area (TPSA) is 67.8 Å². The lowest BCUT2D eigenvalue weighted by Crippen LogP contribution is -2.31. The summed E-state index contributed by atoms with van der Waals surface area (Å²) < 4.78 is 1.62. The summed E-state index contributed by atoms with van der Waals surface area (Å²) in [6.45, 7) is 0. The second-order valence-corrected chi connectivity index (χ2v) is 6.80. The fourth-order valence-corrected chi connectivity index (χ4v) is 3.65.